The molecule has 0 radical (unpaired) electrons. The fraction of sp³-hybridized carbons (Fsp3) is 0.333. The number of aliphatic carboxylic acids is 1. The van der Waals surface area contributed by atoms with E-state index in [-0.39, 0.29) is 18.3 Å². The van der Waals surface area contributed by atoms with E-state index in [1.807, 2.05) is 6.07 Å². The van der Waals surface area contributed by atoms with Gasteiger partial charge in [0.2, 0.25) is 0 Å². The van der Waals surface area contributed by atoms with E-state index in [2.05, 4.69) is 0 Å². The highest BCUT2D eigenvalue weighted by molar-refractivity contribution is 7.54. The van der Waals surface area contributed by atoms with Gasteiger partial charge in [0, 0.05) is 7.11 Å². The van der Waals surface area contributed by atoms with Crippen LogP contribution in [-0.2, 0) is 13.9 Å². The van der Waals surface area contributed by atoms with Crippen molar-refractivity contribution in [3.63, 3.8) is 0 Å². The topological polar surface area (TPSA) is 123 Å². The SMILES string of the molecule is COP(=O)(CCC(N)C(=O)O)Oc1ccc(C#N)cc1. The van der Waals surface area contributed by atoms with Gasteiger partial charge in [-0.25, -0.2) is 4.57 Å². The number of hydrogen-bond donors (Lipinski definition) is 2. The molecule has 0 bridgehead atoms. The average Bonchev–Trinajstić information content (AvgIpc) is 2.45. The predicted octanol–water partition coefficient (Wildman–Crippen LogP) is 1.58. The van der Waals surface area contributed by atoms with Crippen LogP contribution in [0, 0.1) is 11.3 Å². The van der Waals surface area contributed by atoms with Crippen molar-refractivity contribution in [2.75, 3.05) is 13.3 Å². The normalized spacial score (nSPS) is 14.8. The number of rotatable bonds is 7. The van der Waals surface area contributed by atoms with E-state index in [1.54, 1.807) is 0 Å². The van der Waals surface area contributed by atoms with Crippen LogP contribution in [0.5, 0.6) is 5.75 Å². The Hall–Kier alpha value is -1.87. The summed E-state index contributed by atoms with van der Waals surface area (Å²) in [4.78, 5) is 10.6. The second kappa shape index (κ2) is 7.06. The van der Waals surface area contributed by atoms with Crippen molar-refractivity contribution in [3.8, 4) is 11.8 Å². The summed E-state index contributed by atoms with van der Waals surface area (Å²) in [7, 11) is -2.25. The molecule has 8 heteroatoms. The lowest BCUT2D eigenvalue weighted by atomic mass is 10.2. The lowest BCUT2D eigenvalue weighted by molar-refractivity contribution is -0.138. The summed E-state index contributed by atoms with van der Waals surface area (Å²) in [6.45, 7) is 0. The molecule has 2 atom stereocenters. The van der Waals surface area contributed by atoms with Gasteiger partial charge in [0.05, 0.1) is 17.8 Å². The molecule has 108 valence electrons. The third-order valence-electron chi connectivity index (χ3n) is 2.54. The molecule has 1 aromatic carbocycles. The summed E-state index contributed by atoms with van der Waals surface area (Å²) in [5.41, 5.74) is 5.78. The van der Waals surface area contributed by atoms with Gasteiger partial charge in [-0.15, -0.1) is 0 Å². The van der Waals surface area contributed by atoms with Crippen molar-refractivity contribution in [1.82, 2.24) is 0 Å². The molecule has 0 heterocycles. The van der Waals surface area contributed by atoms with Gasteiger partial charge in [0.1, 0.15) is 11.8 Å². The summed E-state index contributed by atoms with van der Waals surface area (Å²) in [6, 6.07) is 6.82. The van der Waals surface area contributed by atoms with Crippen LogP contribution in [0.15, 0.2) is 24.3 Å². The van der Waals surface area contributed by atoms with Crippen molar-refractivity contribution in [2.45, 2.75) is 12.5 Å². The number of benzene rings is 1. The number of nitriles is 1. The third-order valence-corrected chi connectivity index (χ3v) is 4.39. The van der Waals surface area contributed by atoms with Gasteiger partial charge >= 0.3 is 13.6 Å². The maximum Gasteiger partial charge on any atom is 0.378 e. The molecular weight excluding hydrogens is 283 g/mol. The van der Waals surface area contributed by atoms with Gasteiger partial charge in [-0.05, 0) is 30.7 Å². The Bertz CT molecular complexity index is 552. The first-order chi connectivity index (χ1) is 9.40. The van der Waals surface area contributed by atoms with Crippen LogP contribution in [0.3, 0.4) is 0 Å². The molecule has 2 unspecified atom stereocenters. The Morgan fingerprint density at radius 1 is 1.50 bits per heavy atom. The molecule has 7 nitrogen and oxygen atoms in total. The number of carboxylic acids is 1. The van der Waals surface area contributed by atoms with Gasteiger partial charge in [-0.2, -0.15) is 5.26 Å². The summed E-state index contributed by atoms with van der Waals surface area (Å²) in [5.74, 6) is -0.899. The zero-order valence-corrected chi connectivity index (χ0v) is 11.7. The highest BCUT2D eigenvalue weighted by Crippen LogP contribution is 2.48. The fourth-order valence-electron chi connectivity index (χ4n) is 1.35. The Morgan fingerprint density at radius 3 is 2.55 bits per heavy atom. The molecular formula is C12H15N2O5P. The Kier molecular flexibility index (Phi) is 5.71. The van der Waals surface area contributed by atoms with Gasteiger partial charge in [0.25, 0.3) is 0 Å². The minimum Gasteiger partial charge on any atom is -0.480 e. The standard InChI is InChI=1S/C12H15N2O5P/c1-18-20(17,7-6-11(14)12(15)16)19-10-4-2-9(8-13)3-5-10/h2-5,11H,6-7,14H2,1H3,(H,15,16). The van der Waals surface area contributed by atoms with Crippen LogP contribution < -0.4 is 10.3 Å². The Balaban J connectivity index is 2.71. The molecule has 3 N–H and O–H groups in total. The van der Waals surface area contributed by atoms with Crippen LogP contribution in [0.1, 0.15) is 12.0 Å². The summed E-state index contributed by atoms with van der Waals surface area (Å²) >= 11 is 0. The maximum atomic E-state index is 12.3. The van der Waals surface area contributed by atoms with Crippen LogP contribution in [-0.4, -0.2) is 30.4 Å². The molecule has 20 heavy (non-hydrogen) atoms. The molecule has 0 aliphatic heterocycles. The lowest BCUT2D eigenvalue weighted by Crippen LogP contribution is -2.31. The van der Waals surface area contributed by atoms with Crippen LogP contribution in [0.2, 0.25) is 0 Å². The van der Waals surface area contributed by atoms with E-state index in [1.165, 1.54) is 31.4 Å². The molecule has 0 saturated carbocycles. The molecule has 0 saturated heterocycles. The number of nitrogens with zero attached hydrogens (tertiary/aromatic N) is 1. The van der Waals surface area contributed by atoms with Crippen LogP contribution in [0.4, 0.5) is 0 Å². The highest BCUT2D eigenvalue weighted by Gasteiger charge is 2.27. The summed E-state index contributed by atoms with van der Waals surface area (Å²) in [5, 5.41) is 17.3. The quantitative estimate of drug-likeness (QED) is 0.732. The van der Waals surface area contributed by atoms with Crippen LogP contribution in [0.25, 0.3) is 0 Å². The predicted molar refractivity (Wildman–Crippen MR) is 71.5 cm³/mol. The van der Waals surface area contributed by atoms with E-state index in [4.69, 9.17) is 25.1 Å². The molecule has 0 aliphatic carbocycles. The van der Waals surface area contributed by atoms with E-state index < -0.39 is 19.6 Å². The molecule has 0 spiro atoms. The molecule has 0 amide bonds. The zero-order chi connectivity index (χ0) is 15.2. The highest BCUT2D eigenvalue weighted by atomic mass is 31.2. The number of nitrogens with two attached hydrogens (primary N) is 1. The van der Waals surface area contributed by atoms with Crippen molar-refractivity contribution < 1.29 is 23.5 Å². The van der Waals surface area contributed by atoms with Gasteiger partial charge in [-0.1, -0.05) is 0 Å². The molecule has 1 rings (SSSR count). The smallest absolute Gasteiger partial charge is 0.378 e. The fourth-order valence-corrected chi connectivity index (χ4v) is 2.73. The maximum absolute atomic E-state index is 12.3. The van der Waals surface area contributed by atoms with Crippen molar-refractivity contribution in [3.05, 3.63) is 29.8 Å². The Morgan fingerprint density at radius 2 is 2.10 bits per heavy atom. The monoisotopic (exact) mass is 298 g/mol. The lowest BCUT2D eigenvalue weighted by Gasteiger charge is -2.18. The Labute approximate surface area is 116 Å². The van der Waals surface area contributed by atoms with E-state index >= 15 is 0 Å². The summed E-state index contributed by atoms with van der Waals surface area (Å²) in [6.07, 6.45) is -0.145. The minimum atomic E-state index is -3.47. The molecule has 1 aromatic rings. The zero-order valence-electron chi connectivity index (χ0n) is 10.9. The average molecular weight is 298 g/mol. The summed E-state index contributed by atoms with van der Waals surface area (Å²) < 4.78 is 22.4. The number of hydrogen-bond acceptors (Lipinski definition) is 6. The third kappa shape index (κ3) is 4.67. The van der Waals surface area contributed by atoms with Crippen molar-refractivity contribution in [1.29, 1.82) is 5.26 Å². The van der Waals surface area contributed by atoms with E-state index in [0.29, 0.717) is 5.56 Å². The first-order valence-electron chi connectivity index (χ1n) is 5.73. The minimum absolute atomic E-state index is 0.0310. The van der Waals surface area contributed by atoms with Crippen molar-refractivity contribution in [2.24, 2.45) is 5.73 Å². The number of carbonyl (C=O) groups is 1. The van der Waals surface area contributed by atoms with Crippen molar-refractivity contribution >= 4 is 13.6 Å². The first-order valence-corrected chi connectivity index (χ1v) is 7.46. The second-order valence-electron chi connectivity index (χ2n) is 3.98. The largest absolute Gasteiger partial charge is 0.480 e. The number of carboxylic acid groups (broad SMARTS) is 1. The van der Waals surface area contributed by atoms with E-state index in [0.717, 1.165) is 0 Å². The second-order valence-corrected chi connectivity index (χ2v) is 6.19. The van der Waals surface area contributed by atoms with Gasteiger partial charge in [-0.3, -0.25) is 4.79 Å². The molecule has 0 aromatic heterocycles. The van der Waals surface area contributed by atoms with Gasteiger partial charge in [0.15, 0.2) is 0 Å². The molecule has 0 fully saturated rings. The van der Waals surface area contributed by atoms with Crippen LogP contribution >= 0.6 is 7.60 Å². The van der Waals surface area contributed by atoms with E-state index in [9.17, 15) is 9.36 Å². The van der Waals surface area contributed by atoms with Gasteiger partial charge < -0.3 is 19.9 Å². The first kappa shape index (κ1) is 16.2. The molecule has 0 aliphatic rings.